The predicted octanol–water partition coefficient (Wildman–Crippen LogP) is 5.22. The fourth-order valence-electron chi connectivity index (χ4n) is 4.08. The summed E-state index contributed by atoms with van der Waals surface area (Å²) in [5.41, 5.74) is 1.97. The summed E-state index contributed by atoms with van der Waals surface area (Å²) in [5.74, 6) is -1.48. The van der Waals surface area contributed by atoms with Crippen LogP contribution in [-0.4, -0.2) is 51.8 Å². The molecule has 2 aromatic heterocycles. The lowest BCUT2D eigenvalue weighted by Gasteiger charge is -2.22. The molecule has 39 heavy (non-hydrogen) atoms. The number of anilines is 2. The van der Waals surface area contributed by atoms with Crippen LogP contribution in [0.2, 0.25) is 0 Å². The number of halogens is 3. The number of rotatable bonds is 10. The number of aliphatic carboxylic acids is 1. The van der Waals surface area contributed by atoms with E-state index in [-0.39, 0.29) is 11.9 Å². The van der Waals surface area contributed by atoms with Gasteiger partial charge in [0.2, 0.25) is 11.9 Å². The molecular formula is C27H32F3N5O3S. The van der Waals surface area contributed by atoms with Gasteiger partial charge < -0.3 is 21.1 Å². The SMILES string of the molecule is Cc1cc(N[C@@H](Cc2ccccc2)C(=O)NC2CCCC2)nc(NCCc2cccs2)n1.O=C(O)C(F)(F)F. The molecule has 1 amide bonds. The standard InChI is InChI=1S/C25H31N5OS.C2HF3O2/c1-18-16-23(30-25(27-18)26-14-13-21-12-7-15-32-21)29-22(17-19-8-3-2-4-9-19)24(31)28-20-10-5-6-11-20;3-2(4,5)1(6)7/h2-4,7-9,12,15-16,20,22H,5-6,10-11,13-14,17H2,1H3,(H,28,31)(H2,26,27,29,30);(H,6,7)/t22-;/m0./s1. The number of hydrogen-bond acceptors (Lipinski definition) is 7. The Labute approximate surface area is 229 Å². The number of benzene rings is 1. The number of hydrogen-bond donors (Lipinski definition) is 4. The van der Waals surface area contributed by atoms with Crippen LogP contribution in [0.15, 0.2) is 53.9 Å². The van der Waals surface area contributed by atoms with E-state index in [0.29, 0.717) is 18.2 Å². The second-order valence-corrected chi connectivity index (χ2v) is 10.2. The molecule has 4 rings (SSSR count). The van der Waals surface area contributed by atoms with E-state index in [1.54, 1.807) is 11.3 Å². The van der Waals surface area contributed by atoms with Crippen LogP contribution < -0.4 is 16.0 Å². The van der Waals surface area contributed by atoms with E-state index in [1.165, 1.54) is 17.7 Å². The predicted molar refractivity (Wildman–Crippen MR) is 145 cm³/mol. The van der Waals surface area contributed by atoms with Crippen molar-refractivity contribution in [3.63, 3.8) is 0 Å². The Morgan fingerprint density at radius 1 is 1.10 bits per heavy atom. The number of aromatic nitrogens is 2. The van der Waals surface area contributed by atoms with Gasteiger partial charge in [0, 0.05) is 35.6 Å². The first-order valence-electron chi connectivity index (χ1n) is 12.6. The van der Waals surface area contributed by atoms with Gasteiger partial charge in [0.25, 0.3) is 0 Å². The van der Waals surface area contributed by atoms with E-state index in [9.17, 15) is 18.0 Å². The molecule has 1 fully saturated rings. The second-order valence-electron chi connectivity index (χ2n) is 9.15. The molecule has 0 bridgehead atoms. The van der Waals surface area contributed by atoms with Gasteiger partial charge in [-0.3, -0.25) is 4.79 Å². The fourth-order valence-corrected chi connectivity index (χ4v) is 4.79. The molecule has 0 aliphatic heterocycles. The molecule has 3 aromatic rings. The molecule has 1 aliphatic rings. The van der Waals surface area contributed by atoms with Crippen molar-refractivity contribution in [1.29, 1.82) is 0 Å². The van der Waals surface area contributed by atoms with Crippen molar-refractivity contribution >= 4 is 35.0 Å². The van der Waals surface area contributed by atoms with Crippen LogP contribution in [0.3, 0.4) is 0 Å². The van der Waals surface area contributed by atoms with Gasteiger partial charge in [-0.2, -0.15) is 18.2 Å². The van der Waals surface area contributed by atoms with Crippen molar-refractivity contribution in [1.82, 2.24) is 15.3 Å². The van der Waals surface area contributed by atoms with Crippen LogP contribution in [0, 0.1) is 6.92 Å². The molecule has 4 N–H and O–H groups in total. The Morgan fingerprint density at radius 2 is 1.79 bits per heavy atom. The van der Waals surface area contributed by atoms with Crippen molar-refractivity contribution in [3.05, 3.63) is 70.0 Å². The van der Waals surface area contributed by atoms with Gasteiger partial charge >= 0.3 is 12.1 Å². The zero-order valence-electron chi connectivity index (χ0n) is 21.5. The first-order valence-corrected chi connectivity index (χ1v) is 13.5. The quantitative estimate of drug-likeness (QED) is 0.267. The maximum Gasteiger partial charge on any atom is 0.490 e. The van der Waals surface area contributed by atoms with Crippen LogP contribution in [-0.2, 0) is 22.4 Å². The zero-order chi connectivity index (χ0) is 28.3. The van der Waals surface area contributed by atoms with Gasteiger partial charge in [-0.1, -0.05) is 49.2 Å². The van der Waals surface area contributed by atoms with Crippen molar-refractivity contribution in [3.8, 4) is 0 Å². The van der Waals surface area contributed by atoms with Crippen molar-refractivity contribution in [2.24, 2.45) is 0 Å². The monoisotopic (exact) mass is 563 g/mol. The summed E-state index contributed by atoms with van der Waals surface area (Å²) in [7, 11) is 0. The third kappa shape index (κ3) is 10.5. The lowest BCUT2D eigenvalue weighted by molar-refractivity contribution is -0.192. The lowest BCUT2D eigenvalue weighted by Crippen LogP contribution is -2.45. The Morgan fingerprint density at radius 3 is 2.41 bits per heavy atom. The fraction of sp³-hybridized carbons (Fsp3) is 0.407. The average molecular weight is 564 g/mol. The van der Waals surface area contributed by atoms with Crippen LogP contribution >= 0.6 is 11.3 Å². The summed E-state index contributed by atoms with van der Waals surface area (Å²) >= 11 is 1.75. The van der Waals surface area contributed by atoms with E-state index >= 15 is 0 Å². The normalized spacial score (nSPS) is 14.2. The third-order valence-corrected chi connectivity index (χ3v) is 6.89. The minimum Gasteiger partial charge on any atom is -0.475 e. The van der Waals surface area contributed by atoms with E-state index in [1.807, 2.05) is 31.2 Å². The van der Waals surface area contributed by atoms with Gasteiger partial charge in [-0.25, -0.2) is 9.78 Å². The minimum absolute atomic E-state index is 0.0317. The highest BCUT2D eigenvalue weighted by atomic mass is 32.1. The molecule has 1 saturated carbocycles. The Balaban J connectivity index is 0.000000532. The van der Waals surface area contributed by atoms with Gasteiger partial charge in [0.15, 0.2) is 0 Å². The van der Waals surface area contributed by atoms with E-state index < -0.39 is 18.2 Å². The number of thiophene rings is 1. The number of amides is 1. The Hall–Kier alpha value is -3.67. The van der Waals surface area contributed by atoms with Gasteiger partial charge in [-0.15, -0.1) is 11.3 Å². The van der Waals surface area contributed by atoms with Crippen molar-refractivity contribution < 1.29 is 27.9 Å². The van der Waals surface area contributed by atoms with Crippen molar-refractivity contribution in [2.45, 2.75) is 63.7 Å². The highest BCUT2D eigenvalue weighted by Crippen LogP contribution is 2.19. The van der Waals surface area contributed by atoms with Gasteiger partial charge in [0.05, 0.1) is 0 Å². The number of nitrogens with zero attached hydrogens (tertiary/aromatic N) is 2. The number of alkyl halides is 3. The number of aryl methyl sites for hydroxylation is 1. The smallest absolute Gasteiger partial charge is 0.475 e. The number of carboxylic acid groups (broad SMARTS) is 1. The highest BCUT2D eigenvalue weighted by molar-refractivity contribution is 7.09. The maximum atomic E-state index is 13.1. The molecule has 0 radical (unpaired) electrons. The number of nitrogens with one attached hydrogen (secondary N) is 3. The first-order chi connectivity index (χ1) is 18.6. The molecule has 0 spiro atoms. The number of carbonyl (C=O) groups is 2. The van der Waals surface area contributed by atoms with Crippen LogP contribution in [0.5, 0.6) is 0 Å². The van der Waals surface area contributed by atoms with E-state index in [0.717, 1.165) is 37.1 Å². The number of carboxylic acids is 1. The molecule has 1 aromatic carbocycles. The van der Waals surface area contributed by atoms with Crippen LogP contribution in [0.4, 0.5) is 24.9 Å². The molecule has 2 heterocycles. The largest absolute Gasteiger partial charge is 0.490 e. The molecule has 0 unspecified atom stereocenters. The molecular weight excluding hydrogens is 531 g/mol. The zero-order valence-corrected chi connectivity index (χ0v) is 22.3. The summed E-state index contributed by atoms with van der Waals surface area (Å²) in [6.07, 6.45) is 0.950. The van der Waals surface area contributed by atoms with E-state index in [2.05, 4.69) is 55.6 Å². The van der Waals surface area contributed by atoms with E-state index in [4.69, 9.17) is 9.90 Å². The first kappa shape index (κ1) is 29.9. The molecule has 0 saturated heterocycles. The third-order valence-electron chi connectivity index (χ3n) is 5.95. The molecule has 210 valence electrons. The maximum absolute atomic E-state index is 13.1. The molecule has 12 heteroatoms. The molecule has 8 nitrogen and oxygen atoms in total. The topological polar surface area (TPSA) is 116 Å². The number of carbonyl (C=O) groups excluding carboxylic acids is 1. The van der Waals surface area contributed by atoms with Gasteiger partial charge in [0.1, 0.15) is 11.9 Å². The highest BCUT2D eigenvalue weighted by Gasteiger charge is 2.38. The Bertz CT molecular complexity index is 1190. The summed E-state index contributed by atoms with van der Waals surface area (Å²) in [5, 5.41) is 19.2. The lowest BCUT2D eigenvalue weighted by atomic mass is 10.0. The van der Waals surface area contributed by atoms with Crippen LogP contribution in [0.25, 0.3) is 0 Å². The second kappa shape index (κ2) is 14.5. The van der Waals surface area contributed by atoms with Gasteiger partial charge in [-0.05, 0) is 43.2 Å². The summed E-state index contributed by atoms with van der Waals surface area (Å²) in [6, 6.07) is 16.1. The Kier molecular flexibility index (Phi) is 11.1. The summed E-state index contributed by atoms with van der Waals surface area (Å²) < 4.78 is 31.7. The molecule has 1 atom stereocenters. The minimum atomic E-state index is -5.08. The average Bonchev–Trinajstić information content (AvgIpc) is 3.58. The van der Waals surface area contributed by atoms with Crippen LogP contribution in [0.1, 0.15) is 41.8 Å². The molecule has 1 aliphatic carbocycles. The van der Waals surface area contributed by atoms with Crippen molar-refractivity contribution in [2.75, 3.05) is 17.2 Å². The summed E-state index contributed by atoms with van der Waals surface area (Å²) in [4.78, 5) is 32.5. The summed E-state index contributed by atoms with van der Waals surface area (Å²) in [6.45, 7) is 2.71.